The lowest BCUT2D eigenvalue weighted by Crippen LogP contribution is -2.27. The number of methoxy groups -OCH3 is 1. The van der Waals surface area contributed by atoms with Crippen molar-refractivity contribution in [2.45, 2.75) is 51.1 Å². The molecule has 2 aromatic rings. The predicted molar refractivity (Wildman–Crippen MR) is 96.8 cm³/mol. The Morgan fingerprint density at radius 3 is 2.72 bits per heavy atom. The maximum atomic E-state index is 15.9. The lowest BCUT2D eigenvalue weighted by Gasteiger charge is -2.26. The lowest BCUT2D eigenvalue weighted by molar-refractivity contribution is 0.134. The summed E-state index contributed by atoms with van der Waals surface area (Å²) in [6.07, 6.45) is 6.61. The number of aryl methyl sites for hydroxylation is 1. The number of allylic oxidation sites excluding steroid dienone is 1. The first-order chi connectivity index (χ1) is 12.1. The van der Waals surface area contributed by atoms with Gasteiger partial charge in [0.15, 0.2) is 5.67 Å². The molecule has 0 spiro atoms. The van der Waals surface area contributed by atoms with Crippen LogP contribution in [0.25, 0.3) is 5.76 Å². The summed E-state index contributed by atoms with van der Waals surface area (Å²) in [5, 5.41) is 8.27. The van der Waals surface area contributed by atoms with Crippen LogP contribution in [-0.2, 0) is 30.3 Å². The van der Waals surface area contributed by atoms with Crippen LogP contribution in [-0.4, -0.2) is 22.1 Å². The molecule has 0 saturated carbocycles. The minimum absolute atomic E-state index is 0.330. The number of alkyl halides is 1. The van der Waals surface area contributed by atoms with Gasteiger partial charge in [-0.3, -0.25) is 4.68 Å². The molecule has 1 aromatic heterocycles. The highest BCUT2D eigenvalue weighted by atomic mass is 19.1. The number of halogens is 1. The highest BCUT2D eigenvalue weighted by Crippen LogP contribution is 2.38. The van der Waals surface area contributed by atoms with E-state index in [-0.39, 0.29) is 0 Å². The van der Waals surface area contributed by atoms with Gasteiger partial charge < -0.3 is 4.74 Å². The van der Waals surface area contributed by atoms with E-state index in [0.717, 1.165) is 48.3 Å². The van der Waals surface area contributed by atoms with Crippen LogP contribution in [0.15, 0.2) is 30.3 Å². The smallest absolute Gasteiger partial charge is 0.160 e. The summed E-state index contributed by atoms with van der Waals surface area (Å²) in [6.45, 7) is 1.94. The fourth-order valence-electron chi connectivity index (χ4n) is 3.68. The van der Waals surface area contributed by atoms with Crippen LogP contribution in [0.1, 0.15) is 55.1 Å². The Bertz CT molecular complexity index is 751. The molecule has 1 aliphatic carbocycles. The van der Waals surface area contributed by atoms with Crippen molar-refractivity contribution in [2.75, 3.05) is 7.11 Å². The third kappa shape index (κ3) is 3.60. The fraction of sp³-hybridized carbons (Fsp3) is 0.500. The first-order valence-corrected chi connectivity index (χ1v) is 8.95. The van der Waals surface area contributed by atoms with Gasteiger partial charge in [-0.2, -0.15) is 0 Å². The van der Waals surface area contributed by atoms with Crippen LogP contribution in [0.4, 0.5) is 4.39 Å². The third-order valence-corrected chi connectivity index (χ3v) is 5.06. The summed E-state index contributed by atoms with van der Waals surface area (Å²) in [7, 11) is 3.51. The predicted octanol–water partition coefficient (Wildman–Crippen LogP) is 4.35. The van der Waals surface area contributed by atoms with Crippen LogP contribution in [0.3, 0.4) is 0 Å². The maximum Gasteiger partial charge on any atom is 0.160 e. The van der Waals surface area contributed by atoms with E-state index in [1.807, 2.05) is 44.3 Å². The molecule has 1 aromatic carbocycles. The standard InChI is InChI=1S/C20H26FN3O/c1-4-18(25-3)16-11-9-15(10-12-16)14-20(21)13-7-5-6-8-17-19(20)22-23-24(17)2/h4,9-12H,5-8,13-14H2,1-3H3/b18-4-. The molecule has 1 unspecified atom stereocenters. The van der Waals surface area contributed by atoms with Crippen LogP contribution < -0.4 is 0 Å². The lowest BCUT2D eigenvalue weighted by atomic mass is 9.84. The first-order valence-electron chi connectivity index (χ1n) is 8.95. The zero-order chi connectivity index (χ0) is 17.9. The molecule has 1 atom stereocenters. The summed E-state index contributed by atoms with van der Waals surface area (Å²) in [6, 6.07) is 7.93. The van der Waals surface area contributed by atoms with E-state index in [1.54, 1.807) is 11.8 Å². The van der Waals surface area contributed by atoms with Crippen molar-refractivity contribution in [3.05, 3.63) is 52.9 Å². The quantitative estimate of drug-likeness (QED) is 0.775. The summed E-state index contributed by atoms with van der Waals surface area (Å²) in [5.74, 6) is 0.823. The number of hydrogen-bond donors (Lipinski definition) is 0. The molecule has 5 heteroatoms. The van der Waals surface area contributed by atoms with E-state index in [9.17, 15) is 0 Å². The van der Waals surface area contributed by atoms with Gasteiger partial charge in [0.2, 0.25) is 0 Å². The molecule has 1 heterocycles. The second-order valence-electron chi connectivity index (χ2n) is 6.77. The first kappa shape index (κ1) is 17.6. The van der Waals surface area contributed by atoms with Gasteiger partial charge in [-0.1, -0.05) is 35.9 Å². The molecule has 0 bridgehead atoms. The Hall–Kier alpha value is -2.17. The van der Waals surface area contributed by atoms with Gasteiger partial charge in [0.05, 0.1) is 12.8 Å². The molecular weight excluding hydrogens is 317 g/mol. The van der Waals surface area contributed by atoms with Gasteiger partial charge in [-0.05, 0) is 44.2 Å². The van der Waals surface area contributed by atoms with E-state index >= 15 is 4.39 Å². The number of rotatable bonds is 4. The molecule has 0 saturated heterocycles. The molecule has 0 N–H and O–H groups in total. The molecule has 0 radical (unpaired) electrons. The highest BCUT2D eigenvalue weighted by Gasteiger charge is 2.38. The molecule has 1 aliphatic rings. The van der Waals surface area contributed by atoms with E-state index in [1.165, 1.54) is 0 Å². The number of benzene rings is 1. The molecule has 0 fully saturated rings. The summed E-state index contributed by atoms with van der Waals surface area (Å²) in [5.41, 5.74) is 1.99. The van der Waals surface area contributed by atoms with Gasteiger partial charge in [-0.25, -0.2) is 4.39 Å². The Labute approximate surface area is 148 Å². The zero-order valence-electron chi connectivity index (χ0n) is 15.3. The van der Waals surface area contributed by atoms with E-state index < -0.39 is 5.67 Å². The Morgan fingerprint density at radius 1 is 1.28 bits per heavy atom. The third-order valence-electron chi connectivity index (χ3n) is 5.06. The average Bonchev–Trinajstić information content (AvgIpc) is 2.97. The van der Waals surface area contributed by atoms with E-state index in [4.69, 9.17) is 4.74 Å². The van der Waals surface area contributed by atoms with Gasteiger partial charge in [-0.15, -0.1) is 5.10 Å². The van der Waals surface area contributed by atoms with Crippen molar-refractivity contribution in [1.29, 1.82) is 0 Å². The number of hydrogen-bond acceptors (Lipinski definition) is 3. The van der Waals surface area contributed by atoms with Gasteiger partial charge in [0.25, 0.3) is 0 Å². The molecule has 0 amide bonds. The number of fused-ring (bicyclic) bond motifs is 1. The van der Waals surface area contributed by atoms with Crippen LogP contribution in [0.5, 0.6) is 0 Å². The fourth-order valence-corrected chi connectivity index (χ4v) is 3.68. The van der Waals surface area contributed by atoms with Crippen molar-refractivity contribution in [3.8, 4) is 0 Å². The topological polar surface area (TPSA) is 39.9 Å². The van der Waals surface area contributed by atoms with E-state index in [0.29, 0.717) is 18.5 Å². The second-order valence-corrected chi connectivity index (χ2v) is 6.77. The van der Waals surface area contributed by atoms with Crippen LogP contribution in [0, 0.1) is 0 Å². The maximum absolute atomic E-state index is 15.9. The normalized spacial score (nSPS) is 21.4. The molecule has 0 aliphatic heterocycles. The minimum atomic E-state index is -1.45. The SMILES string of the molecule is C/C=C(\OC)c1ccc(CC2(F)CCCCCc3c2nnn3C)cc1. The monoisotopic (exact) mass is 343 g/mol. The second kappa shape index (κ2) is 7.38. The Kier molecular flexibility index (Phi) is 5.21. The van der Waals surface area contributed by atoms with Crippen molar-refractivity contribution >= 4 is 5.76 Å². The Morgan fingerprint density at radius 2 is 2.04 bits per heavy atom. The minimum Gasteiger partial charge on any atom is -0.496 e. The van der Waals surface area contributed by atoms with E-state index in [2.05, 4.69) is 10.3 Å². The number of aromatic nitrogens is 3. The number of nitrogens with zero attached hydrogens (tertiary/aromatic N) is 3. The molecule has 25 heavy (non-hydrogen) atoms. The molecule has 134 valence electrons. The zero-order valence-corrected chi connectivity index (χ0v) is 15.3. The molecule has 4 nitrogen and oxygen atoms in total. The Balaban J connectivity index is 1.88. The van der Waals surface area contributed by atoms with Crippen molar-refractivity contribution < 1.29 is 9.13 Å². The van der Waals surface area contributed by atoms with Gasteiger partial charge >= 0.3 is 0 Å². The van der Waals surface area contributed by atoms with Crippen LogP contribution in [0.2, 0.25) is 0 Å². The van der Waals surface area contributed by atoms with Gasteiger partial charge in [0.1, 0.15) is 11.5 Å². The average molecular weight is 343 g/mol. The summed E-state index contributed by atoms with van der Waals surface area (Å²) in [4.78, 5) is 0. The van der Waals surface area contributed by atoms with Crippen LogP contribution >= 0.6 is 0 Å². The molecule has 3 rings (SSSR count). The summed E-state index contributed by atoms with van der Waals surface area (Å²) < 4.78 is 23.0. The van der Waals surface area contributed by atoms with Crippen molar-refractivity contribution in [1.82, 2.24) is 15.0 Å². The number of ether oxygens (including phenoxy) is 1. The van der Waals surface area contributed by atoms with Crippen molar-refractivity contribution in [3.63, 3.8) is 0 Å². The molecular formula is C20H26FN3O. The summed E-state index contributed by atoms with van der Waals surface area (Å²) >= 11 is 0. The van der Waals surface area contributed by atoms with Crippen molar-refractivity contribution in [2.24, 2.45) is 7.05 Å². The largest absolute Gasteiger partial charge is 0.496 e. The van der Waals surface area contributed by atoms with Gasteiger partial charge in [0, 0.05) is 19.0 Å². The highest BCUT2D eigenvalue weighted by molar-refractivity contribution is 5.59.